The van der Waals surface area contributed by atoms with Crippen LogP contribution in [0.3, 0.4) is 0 Å². The number of carbonyl (C=O) groups excluding carboxylic acids is 2. The summed E-state index contributed by atoms with van der Waals surface area (Å²) in [6, 6.07) is 4.74. The number of nitrogens with zero attached hydrogens (tertiary/aromatic N) is 2. The van der Waals surface area contributed by atoms with Gasteiger partial charge in [0.2, 0.25) is 11.8 Å². The van der Waals surface area contributed by atoms with Crippen LogP contribution in [0.2, 0.25) is 0 Å². The zero-order chi connectivity index (χ0) is 20.8. The van der Waals surface area contributed by atoms with Crippen LogP contribution in [0.4, 0.5) is 0 Å². The molecule has 2 heterocycles. The van der Waals surface area contributed by atoms with Gasteiger partial charge in [0.25, 0.3) is 0 Å². The summed E-state index contributed by atoms with van der Waals surface area (Å²) in [5.74, 6) is 5.37. The number of piperidine rings is 1. The standard InChI is InChI=1S/C21H25N3O5/c1-23-18-14-15(6-2-4-12-29-13-5-3-11-25)7-8-16(18)24(21(23)28)17-9-10-19(26)22-20(17)27/h7-8,14,17,25H,3-5,9-13H2,1H3,(H,22,26,27). The van der Waals surface area contributed by atoms with E-state index in [-0.39, 0.29) is 24.6 Å². The molecular weight excluding hydrogens is 374 g/mol. The van der Waals surface area contributed by atoms with Crippen LogP contribution >= 0.6 is 0 Å². The largest absolute Gasteiger partial charge is 0.396 e. The van der Waals surface area contributed by atoms with E-state index >= 15 is 0 Å². The number of benzene rings is 1. The number of nitrogens with one attached hydrogen (secondary N) is 1. The molecule has 1 aliphatic rings. The van der Waals surface area contributed by atoms with E-state index in [9.17, 15) is 14.4 Å². The third kappa shape index (κ3) is 4.75. The van der Waals surface area contributed by atoms with Gasteiger partial charge in [-0.05, 0) is 37.5 Å². The van der Waals surface area contributed by atoms with Crippen molar-refractivity contribution in [1.29, 1.82) is 0 Å². The zero-order valence-corrected chi connectivity index (χ0v) is 16.4. The Balaban J connectivity index is 1.74. The van der Waals surface area contributed by atoms with Crippen molar-refractivity contribution in [3.05, 3.63) is 34.2 Å². The number of fused-ring (bicyclic) bond motifs is 1. The first-order chi connectivity index (χ1) is 14.0. The second-order valence-corrected chi connectivity index (χ2v) is 6.98. The van der Waals surface area contributed by atoms with Gasteiger partial charge in [0.15, 0.2) is 0 Å². The summed E-state index contributed by atoms with van der Waals surface area (Å²) in [5, 5.41) is 11.0. The fraction of sp³-hybridized carbons (Fsp3) is 0.476. The molecule has 1 atom stereocenters. The Morgan fingerprint density at radius 2 is 2.03 bits per heavy atom. The fourth-order valence-corrected chi connectivity index (χ4v) is 3.38. The van der Waals surface area contributed by atoms with Crippen molar-refractivity contribution in [2.75, 3.05) is 19.8 Å². The summed E-state index contributed by atoms with van der Waals surface area (Å²) in [6.07, 6.45) is 2.68. The number of amides is 2. The van der Waals surface area contributed by atoms with E-state index in [1.807, 2.05) is 12.1 Å². The van der Waals surface area contributed by atoms with Crippen LogP contribution in [0.1, 0.15) is 43.7 Å². The highest BCUT2D eigenvalue weighted by molar-refractivity contribution is 6.00. The van der Waals surface area contributed by atoms with Gasteiger partial charge >= 0.3 is 5.69 Å². The van der Waals surface area contributed by atoms with Gasteiger partial charge in [0, 0.05) is 38.7 Å². The maximum Gasteiger partial charge on any atom is 0.329 e. The van der Waals surface area contributed by atoms with Crippen molar-refractivity contribution in [3.63, 3.8) is 0 Å². The molecule has 1 aromatic heterocycles. The summed E-state index contributed by atoms with van der Waals surface area (Å²) >= 11 is 0. The molecule has 0 spiro atoms. The van der Waals surface area contributed by atoms with Gasteiger partial charge in [-0.15, -0.1) is 0 Å². The molecule has 2 amide bonds. The van der Waals surface area contributed by atoms with Crippen LogP contribution in [0.5, 0.6) is 0 Å². The molecule has 29 heavy (non-hydrogen) atoms. The van der Waals surface area contributed by atoms with Crippen LogP contribution in [0.15, 0.2) is 23.0 Å². The van der Waals surface area contributed by atoms with E-state index < -0.39 is 11.9 Å². The Bertz CT molecular complexity index is 1020. The summed E-state index contributed by atoms with van der Waals surface area (Å²) in [4.78, 5) is 36.3. The third-order valence-electron chi connectivity index (χ3n) is 4.91. The number of carbonyl (C=O) groups is 2. The van der Waals surface area contributed by atoms with Crippen molar-refractivity contribution in [2.45, 2.75) is 38.1 Å². The molecule has 8 nitrogen and oxygen atoms in total. The molecular formula is C21H25N3O5. The predicted octanol–water partition coefficient (Wildman–Crippen LogP) is 0.848. The molecule has 3 rings (SSSR count). The van der Waals surface area contributed by atoms with Crippen LogP contribution in [0.25, 0.3) is 11.0 Å². The number of imidazole rings is 1. The number of ether oxygens (including phenoxy) is 1. The smallest absolute Gasteiger partial charge is 0.329 e. The van der Waals surface area contributed by atoms with Crippen LogP contribution in [0, 0.1) is 11.8 Å². The number of unbranched alkanes of at least 4 members (excludes halogenated alkanes) is 1. The molecule has 2 N–H and O–H groups in total. The summed E-state index contributed by atoms with van der Waals surface area (Å²) < 4.78 is 8.39. The molecule has 0 aliphatic carbocycles. The minimum Gasteiger partial charge on any atom is -0.396 e. The molecule has 0 bridgehead atoms. The van der Waals surface area contributed by atoms with Crippen molar-refractivity contribution < 1.29 is 19.4 Å². The lowest BCUT2D eigenvalue weighted by molar-refractivity contribution is -0.135. The minimum atomic E-state index is -0.691. The van der Waals surface area contributed by atoms with Gasteiger partial charge in [-0.3, -0.25) is 24.0 Å². The van der Waals surface area contributed by atoms with Gasteiger partial charge < -0.3 is 9.84 Å². The Morgan fingerprint density at radius 1 is 1.21 bits per heavy atom. The molecule has 1 unspecified atom stereocenters. The van der Waals surface area contributed by atoms with Crippen molar-refractivity contribution in [1.82, 2.24) is 14.5 Å². The Kier molecular flexibility index (Phi) is 6.86. The van der Waals surface area contributed by atoms with Gasteiger partial charge in [-0.1, -0.05) is 11.8 Å². The molecule has 154 valence electrons. The molecule has 1 fully saturated rings. The van der Waals surface area contributed by atoms with Crippen LogP contribution < -0.4 is 11.0 Å². The van der Waals surface area contributed by atoms with Crippen LogP contribution in [-0.2, 0) is 21.4 Å². The molecule has 1 aliphatic heterocycles. The first-order valence-corrected chi connectivity index (χ1v) is 9.75. The molecule has 2 aromatic rings. The first-order valence-electron chi connectivity index (χ1n) is 9.75. The predicted molar refractivity (Wildman–Crippen MR) is 107 cm³/mol. The molecule has 1 saturated heterocycles. The average molecular weight is 399 g/mol. The van der Waals surface area contributed by atoms with Crippen molar-refractivity contribution in [2.24, 2.45) is 7.05 Å². The van der Waals surface area contributed by atoms with Crippen molar-refractivity contribution in [3.8, 4) is 11.8 Å². The Morgan fingerprint density at radius 3 is 2.79 bits per heavy atom. The lowest BCUT2D eigenvalue weighted by atomic mass is 10.1. The van der Waals surface area contributed by atoms with E-state index in [1.165, 1.54) is 9.13 Å². The highest BCUT2D eigenvalue weighted by Crippen LogP contribution is 2.23. The topological polar surface area (TPSA) is 103 Å². The summed E-state index contributed by atoms with van der Waals surface area (Å²) in [5.41, 5.74) is 1.81. The van der Waals surface area contributed by atoms with Gasteiger partial charge in [0.1, 0.15) is 6.04 Å². The minimum absolute atomic E-state index is 0.180. The first kappa shape index (κ1) is 20.8. The molecule has 0 saturated carbocycles. The van der Waals surface area contributed by atoms with E-state index in [0.717, 1.165) is 18.4 Å². The second-order valence-electron chi connectivity index (χ2n) is 6.98. The number of aromatic nitrogens is 2. The number of hydrogen-bond donors (Lipinski definition) is 2. The number of imide groups is 1. The number of aliphatic hydroxyl groups is 1. The number of hydrogen-bond acceptors (Lipinski definition) is 5. The van der Waals surface area contributed by atoms with E-state index in [1.54, 1.807) is 13.1 Å². The quantitative estimate of drug-likeness (QED) is 0.408. The van der Waals surface area contributed by atoms with E-state index in [2.05, 4.69) is 17.2 Å². The zero-order valence-electron chi connectivity index (χ0n) is 16.4. The lowest BCUT2D eigenvalue weighted by Gasteiger charge is -2.21. The summed E-state index contributed by atoms with van der Waals surface area (Å²) in [6.45, 7) is 1.33. The maximum absolute atomic E-state index is 12.7. The van der Waals surface area contributed by atoms with Gasteiger partial charge in [-0.2, -0.15) is 0 Å². The molecule has 8 heteroatoms. The normalized spacial score (nSPS) is 16.6. The van der Waals surface area contributed by atoms with Crippen molar-refractivity contribution >= 4 is 22.8 Å². The monoisotopic (exact) mass is 399 g/mol. The summed E-state index contributed by atoms with van der Waals surface area (Å²) in [7, 11) is 1.66. The van der Waals surface area contributed by atoms with E-state index in [4.69, 9.17) is 9.84 Å². The second kappa shape index (κ2) is 9.54. The lowest BCUT2D eigenvalue weighted by Crippen LogP contribution is -2.44. The van der Waals surface area contributed by atoms with Crippen LogP contribution in [-0.4, -0.2) is 45.9 Å². The van der Waals surface area contributed by atoms with E-state index in [0.29, 0.717) is 37.1 Å². The SMILES string of the molecule is Cn1c(=O)n(C2CCC(=O)NC2=O)c2ccc(C#CCCOCCCCO)cc21. The number of aryl methyl sites for hydroxylation is 1. The van der Waals surface area contributed by atoms with Gasteiger partial charge in [-0.25, -0.2) is 4.79 Å². The average Bonchev–Trinajstić information content (AvgIpc) is 2.95. The highest BCUT2D eigenvalue weighted by atomic mass is 16.5. The third-order valence-corrected chi connectivity index (χ3v) is 4.91. The fourth-order valence-electron chi connectivity index (χ4n) is 3.38. The van der Waals surface area contributed by atoms with Gasteiger partial charge in [0.05, 0.1) is 17.6 Å². The Labute approximate surface area is 168 Å². The highest BCUT2D eigenvalue weighted by Gasteiger charge is 2.31. The number of aliphatic hydroxyl groups excluding tert-OH is 1. The molecule has 1 aromatic carbocycles. The maximum atomic E-state index is 12.7. The number of rotatable bonds is 7. The Hall–Kier alpha value is -2.89. The molecule has 0 radical (unpaired) electrons.